The van der Waals surface area contributed by atoms with E-state index >= 15 is 0 Å². The number of para-hydroxylation sites is 3. The lowest BCUT2D eigenvalue weighted by molar-refractivity contribution is -0.384. The fraction of sp³-hybridized carbons (Fsp3) is 0. The predicted octanol–water partition coefficient (Wildman–Crippen LogP) is 4.33. The third-order valence-electron chi connectivity index (χ3n) is 3.93. The SMILES string of the molecule is O=[N+]([O-])c1ccc(Oc2ccccc2S(=O)(=O)Nc2nc3ccccc3o2)cc1. The maximum Gasteiger partial charge on any atom is 0.309 e. The summed E-state index contributed by atoms with van der Waals surface area (Å²) >= 11 is 0. The molecule has 0 amide bonds. The smallest absolute Gasteiger partial charge is 0.309 e. The van der Waals surface area contributed by atoms with Crippen LogP contribution in [0, 0.1) is 10.1 Å². The van der Waals surface area contributed by atoms with Crippen LogP contribution in [0.15, 0.2) is 82.1 Å². The number of hydrogen-bond acceptors (Lipinski definition) is 7. The van der Waals surface area contributed by atoms with Crippen LogP contribution >= 0.6 is 0 Å². The quantitative estimate of drug-likeness (QED) is 0.370. The average molecular weight is 411 g/mol. The molecular weight excluding hydrogens is 398 g/mol. The number of nitrogens with one attached hydrogen (secondary N) is 1. The van der Waals surface area contributed by atoms with Crippen LogP contribution in [0.4, 0.5) is 11.7 Å². The second kappa shape index (κ2) is 7.24. The Kier molecular flexibility index (Phi) is 4.61. The monoisotopic (exact) mass is 411 g/mol. The van der Waals surface area contributed by atoms with Crippen LogP contribution in [0.1, 0.15) is 0 Å². The molecule has 0 bridgehead atoms. The van der Waals surface area contributed by atoms with E-state index in [1.165, 1.54) is 36.4 Å². The molecule has 0 saturated heterocycles. The van der Waals surface area contributed by atoms with Crippen LogP contribution in [0.25, 0.3) is 11.1 Å². The molecule has 4 aromatic rings. The lowest BCUT2D eigenvalue weighted by Gasteiger charge is -2.11. The van der Waals surface area contributed by atoms with Gasteiger partial charge in [0.2, 0.25) is 0 Å². The number of hydrogen-bond donors (Lipinski definition) is 1. The predicted molar refractivity (Wildman–Crippen MR) is 104 cm³/mol. The van der Waals surface area contributed by atoms with Gasteiger partial charge in [-0.2, -0.15) is 4.98 Å². The lowest BCUT2D eigenvalue weighted by Crippen LogP contribution is -2.14. The van der Waals surface area contributed by atoms with E-state index in [-0.39, 0.29) is 28.1 Å². The Morgan fingerprint density at radius 3 is 2.38 bits per heavy atom. The fourth-order valence-electron chi connectivity index (χ4n) is 2.61. The Labute approximate surface area is 164 Å². The molecule has 0 radical (unpaired) electrons. The van der Waals surface area contributed by atoms with Crippen molar-refractivity contribution in [2.75, 3.05) is 4.72 Å². The van der Waals surface area contributed by atoms with Crippen molar-refractivity contribution < 1.29 is 22.5 Å². The molecule has 1 heterocycles. The van der Waals surface area contributed by atoms with Crippen LogP contribution in [-0.4, -0.2) is 18.3 Å². The number of nitro benzene ring substituents is 1. The fourth-order valence-corrected chi connectivity index (χ4v) is 3.66. The van der Waals surface area contributed by atoms with Gasteiger partial charge in [0.15, 0.2) is 5.58 Å². The maximum absolute atomic E-state index is 12.9. The summed E-state index contributed by atoms with van der Waals surface area (Å²) in [5.41, 5.74) is 0.858. The molecule has 146 valence electrons. The summed E-state index contributed by atoms with van der Waals surface area (Å²) in [6, 6.07) is 18.0. The topological polar surface area (TPSA) is 125 Å². The van der Waals surface area contributed by atoms with Crippen molar-refractivity contribution in [1.82, 2.24) is 4.98 Å². The Balaban J connectivity index is 1.63. The highest BCUT2D eigenvalue weighted by Gasteiger charge is 2.22. The van der Waals surface area contributed by atoms with E-state index in [4.69, 9.17) is 9.15 Å². The van der Waals surface area contributed by atoms with Crippen LogP contribution in [0.2, 0.25) is 0 Å². The number of benzene rings is 3. The van der Waals surface area contributed by atoms with E-state index in [1.807, 2.05) is 0 Å². The van der Waals surface area contributed by atoms with Gasteiger partial charge in [-0.3, -0.25) is 10.1 Å². The first-order valence-electron chi connectivity index (χ1n) is 8.32. The van der Waals surface area contributed by atoms with Crippen molar-refractivity contribution in [1.29, 1.82) is 0 Å². The van der Waals surface area contributed by atoms with Gasteiger partial charge in [-0.15, -0.1) is 0 Å². The van der Waals surface area contributed by atoms with Crippen molar-refractivity contribution in [3.05, 3.63) is 82.9 Å². The zero-order chi connectivity index (χ0) is 20.4. The van der Waals surface area contributed by atoms with Gasteiger partial charge < -0.3 is 9.15 Å². The van der Waals surface area contributed by atoms with E-state index < -0.39 is 14.9 Å². The molecule has 0 atom stereocenters. The van der Waals surface area contributed by atoms with Gasteiger partial charge in [-0.1, -0.05) is 24.3 Å². The van der Waals surface area contributed by atoms with E-state index in [2.05, 4.69) is 9.71 Å². The normalized spacial score (nSPS) is 11.3. The molecule has 29 heavy (non-hydrogen) atoms. The highest BCUT2D eigenvalue weighted by Crippen LogP contribution is 2.31. The minimum atomic E-state index is -4.07. The van der Waals surface area contributed by atoms with Crippen LogP contribution in [0.5, 0.6) is 11.5 Å². The molecule has 10 heteroatoms. The first-order chi connectivity index (χ1) is 13.9. The number of sulfonamides is 1. The van der Waals surface area contributed by atoms with Gasteiger partial charge in [-0.05, 0) is 36.4 Å². The number of aromatic nitrogens is 1. The van der Waals surface area contributed by atoms with Crippen molar-refractivity contribution in [3.63, 3.8) is 0 Å². The Morgan fingerprint density at radius 1 is 0.966 bits per heavy atom. The van der Waals surface area contributed by atoms with Gasteiger partial charge in [0.1, 0.15) is 21.9 Å². The summed E-state index contributed by atoms with van der Waals surface area (Å²) in [7, 11) is -4.07. The number of ether oxygens (including phenoxy) is 1. The zero-order valence-corrected chi connectivity index (χ0v) is 15.5. The van der Waals surface area contributed by atoms with E-state index in [9.17, 15) is 18.5 Å². The number of oxazole rings is 1. The van der Waals surface area contributed by atoms with Crippen molar-refractivity contribution >= 4 is 32.8 Å². The Bertz CT molecular complexity index is 1270. The van der Waals surface area contributed by atoms with Gasteiger partial charge in [-0.25, -0.2) is 13.1 Å². The molecular formula is C19H13N3O6S. The van der Waals surface area contributed by atoms with E-state index in [0.717, 1.165) is 0 Å². The van der Waals surface area contributed by atoms with Crippen molar-refractivity contribution in [2.24, 2.45) is 0 Å². The first-order valence-corrected chi connectivity index (χ1v) is 9.80. The molecule has 9 nitrogen and oxygen atoms in total. The summed E-state index contributed by atoms with van der Waals surface area (Å²) in [6.45, 7) is 0. The van der Waals surface area contributed by atoms with Crippen LogP contribution in [0.3, 0.4) is 0 Å². The summed E-state index contributed by atoms with van der Waals surface area (Å²) < 4.78 is 39.1. The van der Waals surface area contributed by atoms with Crippen molar-refractivity contribution in [2.45, 2.75) is 4.90 Å². The van der Waals surface area contributed by atoms with Crippen LogP contribution in [-0.2, 0) is 10.0 Å². The minimum absolute atomic E-state index is 0.0463. The molecule has 0 aliphatic carbocycles. The average Bonchev–Trinajstić information content (AvgIpc) is 3.10. The molecule has 0 aliphatic rings. The molecule has 3 aromatic carbocycles. The number of anilines is 1. The first kappa shape index (κ1) is 18.4. The number of rotatable bonds is 6. The molecule has 4 rings (SSSR count). The Morgan fingerprint density at radius 2 is 1.66 bits per heavy atom. The molecule has 0 unspecified atom stereocenters. The third kappa shape index (κ3) is 3.87. The molecule has 0 aliphatic heterocycles. The summed E-state index contributed by atoms with van der Waals surface area (Å²) in [5, 5.41) is 10.8. The second-order valence-electron chi connectivity index (χ2n) is 5.89. The summed E-state index contributed by atoms with van der Waals surface area (Å²) in [6.07, 6.45) is 0. The standard InChI is InChI=1S/C19H13N3O6S/c23-22(24)13-9-11-14(12-10-13)27-17-7-3-4-8-18(17)29(25,26)21-19-20-15-5-1-2-6-16(15)28-19/h1-12H,(H,20,21). The second-order valence-corrected chi connectivity index (χ2v) is 7.54. The Hall–Kier alpha value is -3.92. The summed E-state index contributed by atoms with van der Waals surface area (Å²) in [4.78, 5) is 14.2. The number of nitro groups is 1. The number of non-ortho nitro benzene ring substituents is 1. The highest BCUT2D eigenvalue weighted by molar-refractivity contribution is 7.92. The number of nitrogens with zero attached hydrogens (tertiary/aromatic N) is 2. The van der Waals surface area contributed by atoms with E-state index in [1.54, 1.807) is 36.4 Å². The van der Waals surface area contributed by atoms with Gasteiger partial charge in [0.25, 0.3) is 15.7 Å². The third-order valence-corrected chi connectivity index (χ3v) is 5.29. The van der Waals surface area contributed by atoms with E-state index in [0.29, 0.717) is 11.1 Å². The molecule has 1 N–H and O–H groups in total. The number of fused-ring (bicyclic) bond motifs is 1. The van der Waals surface area contributed by atoms with Gasteiger partial charge in [0.05, 0.1) is 4.92 Å². The molecule has 0 spiro atoms. The summed E-state index contributed by atoms with van der Waals surface area (Å²) in [5.74, 6) is 0.296. The molecule has 1 aromatic heterocycles. The minimum Gasteiger partial charge on any atom is -0.456 e. The largest absolute Gasteiger partial charge is 0.456 e. The van der Waals surface area contributed by atoms with Crippen LogP contribution < -0.4 is 9.46 Å². The van der Waals surface area contributed by atoms with Crippen molar-refractivity contribution in [3.8, 4) is 11.5 Å². The van der Waals surface area contributed by atoms with Gasteiger partial charge in [0, 0.05) is 12.1 Å². The molecule has 0 fully saturated rings. The van der Waals surface area contributed by atoms with Gasteiger partial charge >= 0.3 is 6.01 Å². The lowest BCUT2D eigenvalue weighted by atomic mass is 10.3. The highest BCUT2D eigenvalue weighted by atomic mass is 32.2. The molecule has 0 saturated carbocycles. The maximum atomic E-state index is 12.9. The zero-order valence-electron chi connectivity index (χ0n) is 14.7.